The molecule has 0 saturated heterocycles. The van der Waals surface area contributed by atoms with Gasteiger partial charge in [0.25, 0.3) is 0 Å². The first kappa shape index (κ1) is 48.0. The summed E-state index contributed by atoms with van der Waals surface area (Å²) in [4.78, 5) is 35.0. The Hall–Kier alpha value is -0.990. The van der Waals surface area contributed by atoms with Crippen molar-refractivity contribution in [3.63, 3.8) is 0 Å². The Labute approximate surface area is 302 Å². The number of ether oxygens (including phenoxy) is 2. The first-order valence-corrected chi connectivity index (χ1v) is 21.8. The summed E-state index contributed by atoms with van der Waals surface area (Å²) < 4.78 is 34.1. The van der Waals surface area contributed by atoms with Crippen LogP contribution in [0, 0.1) is 0 Å². The van der Waals surface area contributed by atoms with Crippen molar-refractivity contribution in [1.82, 2.24) is 0 Å². The Morgan fingerprint density at radius 3 is 1.31 bits per heavy atom. The van der Waals surface area contributed by atoms with E-state index in [2.05, 4.69) is 13.8 Å². The number of phosphoric ester groups is 1. The average molecular weight is 721 g/mol. The van der Waals surface area contributed by atoms with Gasteiger partial charge < -0.3 is 18.9 Å². The van der Waals surface area contributed by atoms with Crippen molar-refractivity contribution >= 4 is 19.8 Å². The van der Waals surface area contributed by atoms with Crippen LogP contribution in [-0.4, -0.2) is 74.9 Å². The van der Waals surface area contributed by atoms with Crippen molar-refractivity contribution in [2.75, 3.05) is 47.5 Å². The average Bonchev–Trinajstić information content (AvgIpc) is 3.04. The Kier molecular flexibility index (Phi) is 32.2. The SMILES string of the molecule is CCCCCCCCCCCCCCCCCCCCC(=O)OC[C@H](COP(=O)(O)OCC[N+](C)(C)C)OC(=O)CCCCCCCCC. The minimum Gasteiger partial charge on any atom is -0.462 e. The summed E-state index contributed by atoms with van der Waals surface area (Å²) >= 11 is 0. The third-order valence-electron chi connectivity index (χ3n) is 8.89. The van der Waals surface area contributed by atoms with Gasteiger partial charge in [-0.1, -0.05) is 162 Å². The lowest BCUT2D eigenvalue weighted by Gasteiger charge is -2.24. The molecule has 0 radical (unpaired) electrons. The van der Waals surface area contributed by atoms with Crippen molar-refractivity contribution in [2.45, 2.75) is 193 Å². The molecule has 10 heteroatoms. The molecule has 2 atom stereocenters. The number of unbranched alkanes of at least 4 members (excludes halogenated alkanes) is 23. The number of quaternary nitrogens is 1. The monoisotopic (exact) mass is 721 g/mol. The van der Waals surface area contributed by atoms with Crippen LogP contribution >= 0.6 is 7.82 Å². The predicted molar refractivity (Wildman–Crippen MR) is 201 cm³/mol. The number of phosphoric acid groups is 1. The fraction of sp³-hybridized carbons (Fsp3) is 0.949. The first-order chi connectivity index (χ1) is 23.5. The Morgan fingerprint density at radius 1 is 0.551 bits per heavy atom. The molecule has 0 aliphatic carbocycles. The highest BCUT2D eigenvalue weighted by atomic mass is 31.2. The van der Waals surface area contributed by atoms with Gasteiger partial charge in [0.05, 0.1) is 27.7 Å². The quantitative estimate of drug-likeness (QED) is 0.0292. The molecular formula is C39H79NO8P+. The van der Waals surface area contributed by atoms with Crippen LogP contribution in [0.25, 0.3) is 0 Å². The van der Waals surface area contributed by atoms with E-state index in [9.17, 15) is 19.0 Å². The van der Waals surface area contributed by atoms with E-state index in [0.717, 1.165) is 38.5 Å². The summed E-state index contributed by atoms with van der Waals surface area (Å²) in [6.07, 6.45) is 30.3. The van der Waals surface area contributed by atoms with Crippen LogP contribution in [0.15, 0.2) is 0 Å². The highest BCUT2D eigenvalue weighted by Gasteiger charge is 2.27. The van der Waals surface area contributed by atoms with E-state index in [1.54, 1.807) is 0 Å². The lowest BCUT2D eigenvalue weighted by molar-refractivity contribution is -0.870. The third-order valence-corrected chi connectivity index (χ3v) is 9.87. The van der Waals surface area contributed by atoms with Crippen molar-refractivity contribution in [1.29, 1.82) is 0 Å². The number of hydrogen-bond acceptors (Lipinski definition) is 7. The van der Waals surface area contributed by atoms with Gasteiger partial charge in [-0.2, -0.15) is 0 Å². The second-order valence-electron chi connectivity index (χ2n) is 15.0. The van der Waals surface area contributed by atoms with Crippen LogP contribution in [-0.2, 0) is 32.7 Å². The number of hydrogen-bond donors (Lipinski definition) is 1. The topological polar surface area (TPSA) is 108 Å². The van der Waals surface area contributed by atoms with E-state index < -0.39 is 26.5 Å². The van der Waals surface area contributed by atoms with Crippen molar-refractivity contribution < 1.29 is 42.1 Å². The predicted octanol–water partition coefficient (Wildman–Crippen LogP) is 10.9. The maximum atomic E-state index is 12.5. The van der Waals surface area contributed by atoms with Gasteiger partial charge >= 0.3 is 19.8 Å². The molecule has 0 spiro atoms. The molecule has 0 fully saturated rings. The second-order valence-corrected chi connectivity index (χ2v) is 16.5. The zero-order chi connectivity index (χ0) is 36.5. The van der Waals surface area contributed by atoms with E-state index >= 15 is 0 Å². The van der Waals surface area contributed by atoms with Crippen LogP contribution in [0.4, 0.5) is 0 Å². The zero-order valence-electron chi connectivity index (χ0n) is 32.7. The molecule has 1 N–H and O–H groups in total. The summed E-state index contributed by atoms with van der Waals surface area (Å²) in [5, 5.41) is 0. The molecule has 0 aliphatic rings. The number of rotatable bonds is 37. The van der Waals surface area contributed by atoms with Crippen molar-refractivity contribution in [3.05, 3.63) is 0 Å². The molecule has 49 heavy (non-hydrogen) atoms. The minimum absolute atomic E-state index is 0.0361. The molecule has 292 valence electrons. The van der Waals surface area contributed by atoms with Gasteiger partial charge in [0.2, 0.25) is 0 Å². The van der Waals surface area contributed by atoms with Crippen LogP contribution in [0.2, 0.25) is 0 Å². The molecule has 0 rings (SSSR count). The standard InChI is InChI=1S/C39H78NO8P/c1-6-8-10-12-14-15-16-17-18-19-20-21-22-23-24-26-27-29-31-38(41)45-35-37(36-47-49(43,44)46-34-33-40(3,4)5)48-39(42)32-30-28-25-13-11-9-7-2/h37H,6-36H2,1-5H3/p+1/t37-/m1/s1. The zero-order valence-corrected chi connectivity index (χ0v) is 33.6. The van der Waals surface area contributed by atoms with Gasteiger partial charge in [0.15, 0.2) is 6.10 Å². The number of carbonyl (C=O) groups is 2. The summed E-state index contributed by atoms with van der Waals surface area (Å²) in [6, 6.07) is 0. The minimum atomic E-state index is -4.35. The van der Waals surface area contributed by atoms with Gasteiger partial charge in [-0.15, -0.1) is 0 Å². The van der Waals surface area contributed by atoms with E-state index in [1.165, 1.54) is 116 Å². The smallest absolute Gasteiger partial charge is 0.462 e. The normalized spacial score (nSPS) is 13.7. The number of carbonyl (C=O) groups excluding carboxylic acids is 2. The number of likely N-dealkylation sites (N-methyl/N-ethyl adjacent to an activating group) is 1. The fourth-order valence-electron chi connectivity index (χ4n) is 5.66. The van der Waals surface area contributed by atoms with E-state index in [1.807, 2.05) is 21.1 Å². The Balaban J connectivity index is 4.20. The molecule has 0 aromatic rings. The highest BCUT2D eigenvalue weighted by Crippen LogP contribution is 2.43. The lowest BCUT2D eigenvalue weighted by atomic mass is 10.0. The largest absolute Gasteiger partial charge is 0.472 e. The molecule has 0 heterocycles. The van der Waals surface area contributed by atoms with Crippen LogP contribution in [0.1, 0.15) is 187 Å². The number of esters is 2. The van der Waals surface area contributed by atoms with E-state index in [-0.39, 0.29) is 25.6 Å². The fourth-order valence-corrected chi connectivity index (χ4v) is 6.40. The molecule has 0 aromatic carbocycles. The maximum Gasteiger partial charge on any atom is 0.472 e. The van der Waals surface area contributed by atoms with Crippen molar-refractivity contribution in [3.8, 4) is 0 Å². The van der Waals surface area contributed by atoms with Gasteiger partial charge in [-0.05, 0) is 12.8 Å². The lowest BCUT2D eigenvalue weighted by Crippen LogP contribution is -2.37. The molecule has 0 saturated carbocycles. The second kappa shape index (κ2) is 32.9. The Bertz CT molecular complexity index is 819. The summed E-state index contributed by atoms with van der Waals surface area (Å²) in [5.41, 5.74) is 0. The summed E-state index contributed by atoms with van der Waals surface area (Å²) in [6.45, 7) is 4.39. The van der Waals surface area contributed by atoms with Crippen LogP contribution in [0.3, 0.4) is 0 Å². The van der Waals surface area contributed by atoms with Gasteiger partial charge in [0, 0.05) is 12.8 Å². The molecular weight excluding hydrogens is 641 g/mol. The third kappa shape index (κ3) is 36.6. The maximum absolute atomic E-state index is 12.5. The van der Waals surface area contributed by atoms with E-state index in [4.69, 9.17) is 18.5 Å². The van der Waals surface area contributed by atoms with Gasteiger partial charge in [0.1, 0.15) is 19.8 Å². The molecule has 0 aliphatic heterocycles. The van der Waals surface area contributed by atoms with Gasteiger partial charge in [-0.3, -0.25) is 18.6 Å². The van der Waals surface area contributed by atoms with Crippen molar-refractivity contribution in [2.24, 2.45) is 0 Å². The Morgan fingerprint density at radius 2 is 0.918 bits per heavy atom. The summed E-state index contributed by atoms with van der Waals surface area (Å²) in [7, 11) is 1.49. The molecule has 9 nitrogen and oxygen atoms in total. The van der Waals surface area contributed by atoms with Crippen LogP contribution in [0.5, 0.6) is 0 Å². The van der Waals surface area contributed by atoms with E-state index in [0.29, 0.717) is 23.9 Å². The summed E-state index contributed by atoms with van der Waals surface area (Å²) in [5.74, 6) is -0.795. The van der Waals surface area contributed by atoms with Crippen LogP contribution < -0.4 is 0 Å². The molecule has 0 amide bonds. The first-order valence-electron chi connectivity index (χ1n) is 20.3. The van der Waals surface area contributed by atoms with Gasteiger partial charge in [-0.25, -0.2) is 4.57 Å². The molecule has 0 aromatic heterocycles. The highest BCUT2D eigenvalue weighted by molar-refractivity contribution is 7.47. The molecule has 0 bridgehead atoms. The number of nitrogens with zero attached hydrogens (tertiary/aromatic N) is 1. The molecule has 1 unspecified atom stereocenters.